The number of nitrogens with one attached hydrogen (secondary N) is 1. The average Bonchev–Trinajstić information content (AvgIpc) is 3.48. The molecule has 0 spiro atoms. The molecule has 0 bridgehead atoms. The zero-order chi connectivity index (χ0) is 24.5. The number of carbonyl (C=O) groups is 1. The van der Waals surface area contributed by atoms with E-state index >= 15 is 0 Å². The van der Waals surface area contributed by atoms with Crippen LogP contribution in [0.5, 0.6) is 0 Å². The number of carbonyl (C=O) groups excluding carboxylic acids is 1. The second kappa shape index (κ2) is 10.2. The molecule has 0 aliphatic heterocycles. The Morgan fingerprint density at radius 3 is 2.56 bits per heavy atom. The van der Waals surface area contributed by atoms with Gasteiger partial charge in [0.25, 0.3) is 0 Å². The summed E-state index contributed by atoms with van der Waals surface area (Å²) in [6.45, 7) is 10.9. The SMILES string of the molecule is Cc1ccc(NC(=O)C[C@H](CCCO)c2noc(C3CC(CC(C)(C)C)C3)c2C2CC2)c(C)n1. The molecule has 2 aromatic heterocycles. The highest BCUT2D eigenvalue weighted by Gasteiger charge is 2.42. The Balaban J connectivity index is 1.49. The normalized spacial score (nSPS) is 21.2. The van der Waals surface area contributed by atoms with Crippen LogP contribution in [0.2, 0.25) is 0 Å². The second-order valence-corrected chi connectivity index (χ2v) is 11.8. The Morgan fingerprint density at radius 1 is 1.21 bits per heavy atom. The number of aliphatic hydroxyl groups excluding tert-OH is 1. The van der Waals surface area contributed by atoms with Crippen LogP contribution in [0.25, 0.3) is 0 Å². The summed E-state index contributed by atoms with van der Waals surface area (Å²) in [5, 5.41) is 17.1. The molecule has 2 aromatic rings. The van der Waals surface area contributed by atoms with Crippen molar-refractivity contribution in [1.29, 1.82) is 0 Å². The minimum absolute atomic E-state index is 0.0446. The summed E-state index contributed by atoms with van der Waals surface area (Å²) < 4.78 is 6.02. The molecule has 4 rings (SSSR count). The third kappa shape index (κ3) is 6.07. The summed E-state index contributed by atoms with van der Waals surface area (Å²) in [5.74, 6) is 2.71. The fourth-order valence-corrected chi connectivity index (χ4v) is 5.59. The average molecular weight is 468 g/mol. The largest absolute Gasteiger partial charge is 0.396 e. The van der Waals surface area contributed by atoms with Crippen LogP contribution in [0.4, 0.5) is 5.69 Å². The highest BCUT2D eigenvalue weighted by Crippen LogP contribution is 2.53. The van der Waals surface area contributed by atoms with Crippen LogP contribution in [-0.4, -0.2) is 27.8 Å². The molecule has 186 valence electrons. The number of hydrogen-bond donors (Lipinski definition) is 2. The van der Waals surface area contributed by atoms with Crippen molar-refractivity contribution in [2.45, 2.75) is 104 Å². The van der Waals surface area contributed by atoms with Gasteiger partial charge >= 0.3 is 0 Å². The van der Waals surface area contributed by atoms with Gasteiger partial charge in [-0.1, -0.05) is 25.9 Å². The highest BCUT2D eigenvalue weighted by atomic mass is 16.5. The number of anilines is 1. The van der Waals surface area contributed by atoms with Gasteiger partial charge in [-0.3, -0.25) is 9.78 Å². The molecule has 0 radical (unpaired) electrons. The Bertz CT molecular complexity index is 997. The van der Waals surface area contributed by atoms with Crippen molar-refractivity contribution in [3.63, 3.8) is 0 Å². The fraction of sp³-hybridized carbons (Fsp3) is 0.679. The Kier molecular flexibility index (Phi) is 7.46. The van der Waals surface area contributed by atoms with Crippen molar-refractivity contribution in [1.82, 2.24) is 10.1 Å². The van der Waals surface area contributed by atoms with Crippen molar-refractivity contribution in [2.24, 2.45) is 11.3 Å². The third-order valence-electron chi connectivity index (χ3n) is 7.31. The molecule has 1 amide bonds. The first-order chi connectivity index (χ1) is 16.1. The van der Waals surface area contributed by atoms with Gasteiger partial charge < -0.3 is 14.9 Å². The molecule has 2 aliphatic rings. The van der Waals surface area contributed by atoms with E-state index in [4.69, 9.17) is 4.52 Å². The number of aryl methyl sites for hydroxylation is 2. The molecule has 6 heteroatoms. The van der Waals surface area contributed by atoms with E-state index in [1.165, 1.54) is 37.7 Å². The maximum absolute atomic E-state index is 13.0. The number of amides is 1. The van der Waals surface area contributed by atoms with Crippen molar-refractivity contribution in [2.75, 3.05) is 11.9 Å². The van der Waals surface area contributed by atoms with Crippen LogP contribution in [0.15, 0.2) is 16.7 Å². The number of pyridine rings is 1. The zero-order valence-electron chi connectivity index (χ0n) is 21.5. The number of aliphatic hydroxyl groups is 1. The molecule has 34 heavy (non-hydrogen) atoms. The molecule has 6 nitrogen and oxygen atoms in total. The van der Waals surface area contributed by atoms with E-state index < -0.39 is 0 Å². The standard InChI is InChI=1S/C28H41N3O3/c1-17-8-11-23(18(2)29-17)30-24(33)15-21(7-6-12-32)26-25(20-9-10-20)27(34-31-26)22-13-19(14-22)16-28(3,4)5/h8,11,19-22,32H,6-7,9-10,12-16H2,1-5H3,(H,30,33)/t19?,21-,22?/m0/s1. The van der Waals surface area contributed by atoms with Gasteiger partial charge in [-0.15, -0.1) is 0 Å². The van der Waals surface area contributed by atoms with Crippen molar-refractivity contribution < 1.29 is 14.4 Å². The van der Waals surface area contributed by atoms with Crippen LogP contribution in [0, 0.1) is 25.2 Å². The Morgan fingerprint density at radius 2 is 1.94 bits per heavy atom. The topological polar surface area (TPSA) is 88.2 Å². The summed E-state index contributed by atoms with van der Waals surface area (Å²) in [4.78, 5) is 17.5. The van der Waals surface area contributed by atoms with Gasteiger partial charge in [-0.25, -0.2) is 0 Å². The molecule has 2 heterocycles. The summed E-state index contributed by atoms with van der Waals surface area (Å²) in [7, 11) is 0. The number of hydrogen-bond acceptors (Lipinski definition) is 5. The van der Waals surface area contributed by atoms with E-state index in [2.05, 4.69) is 36.2 Å². The first kappa shape index (κ1) is 24.9. The lowest BCUT2D eigenvalue weighted by Gasteiger charge is -2.38. The maximum Gasteiger partial charge on any atom is 0.225 e. The van der Waals surface area contributed by atoms with Crippen molar-refractivity contribution in [3.05, 3.63) is 40.5 Å². The first-order valence-electron chi connectivity index (χ1n) is 13.0. The molecule has 1 atom stereocenters. The van der Waals surface area contributed by atoms with Gasteiger partial charge in [0, 0.05) is 36.1 Å². The summed E-state index contributed by atoms with van der Waals surface area (Å²) in [6, 6.07) is 3.82. The van der Waals surface area contributed by atoms with Crippen LogP contribution in [0.3, 0.4) is 0 Å². The van der Waals surface area contributed by atoms with Crippen LogP contribution < -0.4 is 5.32 Å². The van der Waals surface area contributed by atoms with Crippen molar-refractivity contribution in [3.8, 4) is 0 Å². The Labute approximate surface area is 203 Å². The third-order valence-corrected chi connectivity index (χ3v) is 7.31. The van der Waals surface area contributed by atoms with Crippen LogP contribution >= 0.6 is 0 Å². The van der Waals surface area contributed by atoms with Gasteiger partial charge in [0.15, 0.2) is 0 Å². The summed E-state index contributed by atoms with van der Waals surface area (Å²) in [5.41, 5.74) is 5.09. The number of rotatable bonds is 10. The predicted octanol–water partition coefficient (Wildman–Crippen LogP) is 6.38. The lowest BCUT2D eigenvalue weighted by molar-refractivity contribution is -0.116. The van der Waals surface area contributed by atoms with Crippen molar-refractivity contribution >= 4 is 11.6 Å². The van der Waals surface area contributed by atoms with Gasteiger partial charge in [-0.2, -0.15) is 0 Å². The minimum Gasteiger partial charge on any atom is -0.396 e. The van der Waals surface area contributed by atoms with E-state index in [1.807, 2.05) is 26.0 Å². The van der Waals surface area contributed by atoms with E-state index in [1.54, 1.807) is 0 Å². The lowest BCUT2D eigenvalue weighted by Crippen LogP contribution is -2.26. The molecular formula is C28H41N3O3. The van der Waals surface area contributed by atoms with Gasteiger partial charge in [0.05, 0.1) is 17.1 Å². The molecule has 2 saturated carbocycles. The highest BCUT2D eigenvalue weighted by molar-refractivity contribution is 5.91. The summed E-state index contributed by atoms with van der Waals surface area (Å²) >= 11 is 0. The van der Waals surface area contributed by atoms with E-state index in [-0.39, 0.29) is 18.4 Å². The van der Waals surface area contributed by atoms with Crippen LogP contribution in [0.1, 0.15) is 118 Å². The van der Waals surface area contributed by atoms with E-state index in [0.717, 1.165) is 40.9 Å². The van der Waals surface area contributed by atoms with Crippen LogP contribution in [-0.2, 0) is 4.79 Å². The van der Waals surface area contributed by atoms with E-state index in [0.29, 0.717) is 30.1 Å². The lowest BCUT2D eigenvalue weighted by atomic mass is 9.66. The fourth-order valence-electron chi connectivity index (χ4n) is 5.59. The van der Waals surface area contributed by atoms with Gasteiger partial charge in [0.2, 0.25) is 5.91 Å². The minimum atomic E-state index is -0.0515. The predicted molar refractivity (Wildman–Crippen MR) is 134 cm³/mol. The second-order valence-electron chi connectivity index (χ2n) is 11.8. The molecule has 2 N–H and O–H groups in total. The van der Waals surface area contributed by atoms with Gasteiger partial charge in [0.1, 0.15) is 5.76 Å². The smallest absolute Gasteiger partial charge is 0.225 e. The molecule has 2 fully saturated rings. The monoisotopic (exact) mass is 467 g/mol. The molecule has 0 saturated heterocycles. The summed E-state index contributed by atoms with van der Waals surface area (Å²) in [6.07, 6.45) is 7.63. The maximum atomic E-state index is 13.0. The molecule has 0 aromatic carbocycles. The number of nitrogens with zero attached hydrogens (tertiary/aromatic N) is 2. The van der Waals surface area contributed by atoms with E-state index in [9.17, 15) is 9.90 Å². The molecular weight excluding hydrogens is 426 g/mol. The molecule has 2 aliphatic carbocycles. The zero-order valence-corrected chi connectivity index (χ0v) is 21.5. The molecule has 0 unspecified atom stereocenters. The quantitative estimate of drug-likeness (QED) is 0.423. The Hall–Kier alpha value is -2.21. The first-order valence-corrected chi connectivity index (χ1v) is 13.0. The number of aromatic nitrogens is 2. The van der Waals surface area contributed by atoms with Gasteiger partial charge in [-0.05, 0) is 88.2 Å².